The van der Waals surface area contributed by atoms with Crippen molar-refractivity contribution in [3.05, 3.63) is 48.2 Å². The summed E-state index contributed by atoms with van der Waals surface area (Å²) in [6.07, 6.45) is 17.8. The van der Waals surface area contributed by atoms with E-state index in [0.29, 0.717) is 16.7 Å². The van der Waals surface area contributed by atoms with E-state index >= 15 is 0 Å². The standard InChI is InChI=1S/C42H59NO4/c1-7-29(27(2)3)14-13-28(4)34-17-18-35-33-16-15-31-26-32(21-23-41(31,5)36(33)22-24-42(34,35)6)46-38(44)19-20-39(45)47-37-12-8-10-30-11-9-25-43-40(30)37/h8-12,15,25,27-29,32-36H,7,13-14,16-24,26H2,1-6H3/t28-,29-,32+,33+,34-,35+,36+,41+,42-/m1/s1. The number of benzene rings is 1. The van der Waals surface area contributed by atoms with Gasteiger partial charge in [0.25, 0.3) is 0 Å². The number of fused-ring (bicyclic) bond motifs is 6. The van der Waals surface area contributed by atoms with Crippen molar-refractivity contribution >= 4 is 22.8 Å². The van der Waals surface area contributed by atoms with E-state index in [9.17, 15) is 9.59 Å². The molecule has 0 radical (unpaired) electrons. The number of para-hydroxylation sites is 1. The summed E-state index contributed by atoms with van der Waals surface area (Å²) < 4.78 is 11.6. The van der Waals surface area contributed by atoms with Gasteiger partial charge in [-0.3, -0.25) is 14.6 Å². The molecule has 0 saturated heterocycles. The van der Waals surface area contributed by atoms with E-state index in [-0.39, 0.29) is 30.3 Å². The Balaban J connectivity index is 1.02. The van der Waals surface area contributed by atoms with Crippen LogP contribution < -0.4 is 4.74 Å². The summed E-state index contributed by atoms with van der Waals surface area (Å²) >= 11 is 0. The Kier molecular flexibility index (Phi) is 10.2. The Morgan fingerprint density at radius 3 is 2.51 bits per heavy atom. The Hall–Kier alpha value is -2.69. The molecular weight excluding hydrogens is 582 g/mol. The number of esters is 2. The minimum atomic E-state index is -0.439. The first-order valence-electron chi connectivity index (χ1n) is 19.0. The maximum absolute atomic E-state index is 12.9. The van der Waals surface area contributed by atoms with Crippen molar-refractivity contribution in [2.45, 2.75) is 131 Å². The van der Waals surface area contributed by atoms with Crippen molar-refractivity contribution in [3.63, 3.8) is 0 Å². The van der Waals surface area contributed by atoms with Gasteiger partial charge >= 0.3 is 11.9 Å². The third-order valence-corrected chi connectivity index (χ3v) is 13.9. The smallest absolute Gasteiger partial charge is 0.311 e. The summed E-state index contributed by atoms with van der Waals surface area (Å²) in [6, 6.07) is 9.30. The van der Waals surface area contributed by atoms with Crippen molar-refractivity contribution in [2.75, 3.05) is 0 Å². The highest BCUT2D eigenvalue weighted by Crippen LogP contribution is 2.67. The number of aromatic nitrogens is 1. The summed E-state index contributed by atoms with van der Waals surface area (Å²) in [4.78, 5) is 29.8. The fourth-order valence-corrected chi connectivity index (χ4v) is 11.2. The van der Waals surface area contributed by atoms with E-state index < -0.39 is 5.97 Å². The molecule has 0 unspecified atom stereocenters. The molecule has 3 saturated carbocycles. The average Bonchev–Trinajstić information content (AvgIpc) is 3.41. The van der Waals surface area contributed by atoms with Crippen molar-refractivity contribution in [1.82, 2.24) is 4.98 Å². The number of carbonyl (C=O) groups excluding carboxylic acids is 2. The number of hydrogen-bond donors (Lipinski definition) is 0. The van der Waals surface area contributed by atoms with Crippen LogP contribution in [0.15, 0.2) is 48.2 Å². The van der Waals surface area contributed by atoms with Gasteiger partial charge in [0.2, 0.25) is 0 Å². The van der Waals surface area contributed by atoms with Gasteiger partial charge in [-0.1, -0.05) is 84.2 Å². The van der Waals surface area contributed by atoms with Crippen LogP contribution in [0.2, 0.25) is 0 Å². The summed E-state index contributed by atoms with van der Waals surface area (Å²) in [5, 5.41) is 0.909. The van der Waals surface area contributed by atoms with E-state index in [4.69, 9.17) is 9.47 Å². The van der Waals surface area contributed by atoms with Gasteiger partial charge in [-0.2, -0.15) is 0 Å². The van der Waals surface area contributed by atoms with Gasteiger partial charge in [0, 0.05) is 18.0 Å². The average molecular weight is 642 g/mol. The molecule has 0 amide bonds. The lowest BCUT2D eigenvalue weighted by molar-refractivity contribution is -0.153. The molecule has 0 aliphatic heterocycles. The van der Waals surface area contributed by atoms with Crippen LogP contribution in [0.4, 0.5) is 0 Å². The molecular formula is C42H59NO4. The zero-order valence-electron chi connectivity index (χ0n) is 29.9. The molecule has 1 aromatic heterocycles. The summed E-state index contributed by atoms with van der Waals surface area (Å²) in [7, 11) is 0. The number of carbonyl (C=O) groups is 2. The zero-order chi connectivity index (χ0) is 33.3. The van der Waals surface area contributed by atoms with Crippen molar-refractivity contribution < 1.29 is 19.1 Å². The molecule has 3 fully saturated rings. The lowest BCUT2D eigenvalue weighted by Crippen LogP contribution is -2.51. The van der Waals surface area contributed by atoms with Crippen LogP contribution in [-0.4, -0.2) is 23.0 Å². The molecule has 4 aliphatic rings. The first-order chi connectivity index (χ1) is 22.5. The third-order valence-electron chi connectivity index (χ3n) is 13.9. The lowest BCUT2D eigenvalue weighted by Gasteiger charge is -2.58. The molecule has 0 N–H and O–H groups in total. The first kappa shape index (κ1) is 34.2. The monoisotopic (exact) mass is 641 g/mol. The van der Waals surface area contributed by atoms with Gasteiger partial charge in [0.15, 0.2) is 5.75 Å². The van der Waals surface area contributed by atoms with Gasteiger partial charge in [-0.15, -0.1) is 0 Å². The molecule has 256 valence electrons. The molecule has 5 heteroatoms. The number of hydrogen-bond acceptors (Lipinski definition) is 5. The minimum Gasteiger partial charge on any atom is -0.462 e. The van der Waals surface area contributed by atoms with Crippen LogP contribution >= 0.6 is 0 Å². The van der Waals surface area contributed by atoms with Crippen LogP contribution in [0.3, 0.4) is 0 Å². The predicted octanol–water partition coefficient (Wildman–Crippen LogP) is 10.5. The quantitative estimate of drug-likeness (QED) is 0.139. The molecule has 9 atom stereocenters. The molecule has 0 bridgehead atoms. The molecule has 4 aliphatic carbocycles. The highest BCUT2D eigenvalue weighted by molar-refractivity contribution is 5.87. The van der Waals surface area contributed by atoms with Gasteiger partial charge in [0.05, 0.1) is 12.8 Å². The number of pyridine rings is 1. The second-order valence-corrected chi connectivity index (χ2v) is 16.6. The SMILES string of the molecule is CC[C@H](CC[C@@H](C)[C@H]1CC[C@H]2[C@@H]3CC=C4C[C@@H](OC(=O)CCC(=O)Oc5cccc6cccnc56)CC[C@]4(C)[C@H]3CC[C@]12C)C(C)C. The molecule has 5 nitrogen and oxygen atoms in total. The number of ether oxygens (including phenoxy) is 2. The second kappa shape index (κ2) is 14.0. The van der Waals surface area contributed by atoms with E-state index in [2.05, 4.69) is 52.6 Å². The number of allylic oxidation sites excluding steroid dienone is 1. The second-order valence-electron chi connectivity index (χ2n) is 16.6. The fourth-order valence-electron chi connectivity index (χ4n) is 11.2. The van der Waals surface area contributed by atoms with Crippen molar-refractivity contribution in [3.8, 4) is 5.75 Å². The molecule has 6 rings (SSSR count). The Morgan fingerprint density at radius 2 is 1.72 bits per heavy atom. The highest BCUT2D eigenvalue weighted by Gasteiger charge is 2.59. The van der Waals surface area contributed by atoms with Crippen LogP contribution in [0, 0.1) is 52.3 Å². The minimum absolute atomic E-state index is 0.00435. The molecule has 2 aromatic rings. The summed E-state index contributed by atoms with van der Waals surface area (Å²) in [5.41, 5.74) is 2.88. The lowest BCUT2D eigenvalue weighted by atomic mass is 9.47. The largest absolute Gasteiger partial charge is 0.462 e. The van der Waals surface area contributed by atoms with Gasteiger partial charge < -0.3 is 9.47 Å². The van der Waals surface area contributed by atoms with Gasteiger partial charge in [-0.25, -0.2) is 0 Å². The third kappa shape index (κ3) is 6.79. The number of nitrogens with zero attached hydrogens (tertiary/aromatic N) is 1. The van der Waals surface area contributed by atoms with E-state index in [0.717, 1.165) is 66.1 Å². The normalized spacial score (nSPS) is 32.9. The van der Waals surface area contributed by atoms with Crippen LogP contribution in [0.1, 0.15) is 125 Å². The molecule has 1 heterocycles. The Labute approximate surface area is 283 Å². The van der Waals surface area contributed by atoms with Gasteiger partial charge in [-0.05, 0) is 116 Å². The predicted molar refractivity (Wildman–Crippen MR) is 189 cm³/mol. The van der Waals surface area contributed by atoms with Crippen LogP contribution in [-0.2, 0) is 14.3 Å². The van der Waals surface area contributed by atoms with Crippen LogP contribution in [0.5, 0.6) is 5.75 Å². The van der Waals surface area contributed by atoms with Crippen molar-refractivity contribution in [2.24, 2.45) is 52.3 Å². The summed E-state index contributed by atoms with van der Waals surface area (Å²) in [6.45, 7) is 15.0. The Morgan fingerprint density at radius 1 is 0.936 bits per heavy atom. The molecule has 1 aromatic carbocycles. The van der Waals surface area contributed by atoms with Crippen LogP contribution in [0.25, 0.3) is 10.9 Å². The highest BCUT2D eigenvalue weighted by atomic mass is 16.5. The van der Waals surface area contributed by atoms with E-state index in [1.54, 1.807) is 12.3 Å². The molecule has 0 spiro atoms. The summed E-state index contributed by atoms with van der Waals surface area (Å²) in [5.74, 6) is 5.41. The van der Waals surface area contributed by atoms with Gasteiger partial charge in [0.1, 0.15) is 11.6 Å². The first-order valence-corrected chi connectivity index (χ1v) is 19.0. The van der Waals surface area contributed by atoms with E-state index in [1.807, 2.05) is 24.3 Å². The zero-order valence-corrected chi connectivity index (χ0v) is 29.9. The van der Waals surface area contributed by atoms with E-state index in [1.165, 1.54) is 56.9 Å². The Bertz CT molecular complexity index is 1460. The molecule has 47 heavy (non-hydrogen) atoms. The fraction of sp³-hybridized carbons (Fsp3) is 0.690. The maximum Gasteiger partial charge on any atom is 0.311 e. The number of rotatable bonds is 11. The maximum atomic E-state index is 12.9. The topological polar surface area (TPSA) is 65.5 Å². The van der Waals surface area contributed by atoms with Crippen molar-refractivity contribution in [1.29, 1.82) is 0 Å².